The molecule has 2 unspecified atom stereocenters. The van der Waals surface area contributed by atoms with Gasteiger partial charge in [0.25, 0.3) is 0 Å². The molecule has 2 aliphatic heterocycles. The Hall–Kier alpha value is -2.13. The molecule has 4 rings (SSSR count). The standard InChI is InChI=1S/C23H27NO2/c1-16-8-11-21(26-2)14-22(16)23(25)18-12-19-9-10-20(13-18)24(19)15-17-6-4-3-5-7-17/h3-8,11,14,18-20H,9-10,12-13,15H2,1-2H3. The van der Waals surface area contributed by atoms with Gasteiger partial charge in [0.05, 0.1) is 7.11 Å². The number of benzene rings is 2. The fourth-order valence-electron chi connectivity index (χ4n) is 4.75. The fraction of sp³-hybridized carbons (Fsp3) is 0.435. The van der Waals surface area contributed by atoms with Crippen molar-refractivity contribution < 1.29 is 9.53 Å². The minimum absolute atomic E-state index is 0.144. The van der Waals surface area contributed by atoms with E-state index in [1.807, 2.05) is 25.1 Å². The Morgan fingerprint density at radius 3 is 2.42 bits per heavy atom. The molecule has 2 saturated heterocycles. The summed E-state index contributed by atoms with van der Waals surface area (Å²) in [5.74, 6) is 1.21. The van der Waals surface area contributed by atoms with Gasteiger partial charge in [0.1, 0.15) is 5.75 Å². The van der Waals surface area contributed by atoms with E-state index in [2.05, 4.69) is 35.2 Å². The number of methoxy groups -OCH3 is 1. The van der Waals surface area contributed by atoms with Gasteiger partial charge in [0, 0.05) is 30.1 Å². The van der Waals surface area contributed by atoms with Gasteiger partial charge in [-0.3, -0.25) is 9.69 Å². The monoisotopic (exact) mass is 349 g/mol. The normalized spacial score (nSPS) is 25.2. The maximum atomic E-state index is 13.2. The SMILES string of the molecule is COc1ccc(C)c(C(=O)C2CC3CCC(C2)N3Cc2ccccc2)c1. The number of ketones is 1. The summed E-state index contributed by atoms with van der Waals surface area (Å²) in [6.07, 6.45) is 4.41. The Balaban J connectivity index is 1.49. The number of ether oxygens (including phenoxy) is 1. The number of rotatable bonds is 5. The van der Waals surface area contributed by atoms with Crippen LogP contribution in [-0.2, 0) is 6.54 Å². The maximum Gasteiger partial charge on any atom is 0.166 e. The van der Waals surface area contributed by atoms with Crippen LogP contribution in [0.15, 0.2) is 48.5 Å². The number of hydrogen-bond acceptors (Lipinski definition) is 3. The molecule has 2 aliphatic rings. The molecule has 2 aromatic carbocycles. The molecule has 0 saturated carbocycles. The van der Waals surface area contributed by atoms with Crippen molar-refractivity contribution in [3.05, 3.63) is 65.2 Å². The number of carbonyl (C=O) groups excluding carboxylic acids is 1. The second-order valence-corrected chi connectivity index (χ2v) is 7.76. The molecule has 3 nitrogen and oxygen atoms in total. The average molecular weight is 349 g/mol. The smallest absolute Gasteiger partial charge is 0.166 e. The van der Waals surface area contributed by atoms with Crippen LogP contribution in [0.2, 0.25) is 0 Å². The predicted octanol–water partition coefficient (Wildman–Crippen LogP) is 4.63. The molecule has 0 radical (unpaired) electrons. The molecule has 136 valence electrons. The van der Waals surface area contributed by atoms with Gasteiger partial charge in [-0.15, -0.1) is 0 Å². The highest BCUT2D eigenvalue weighted by Crippen LogP contribution is 2.41. The van der Waals surface area contributed by atoms with E-state index < -0.39 is 0 Å². The lowest BCUT2D eigenvalue weighted by Crippen LogP contribution is -2.44. The fourth-order valence-corrected chi connectivity index (χ4v) is 4.75. The number of Topliss-reactive ketones (excluding diaryl/α,β-unsaturated/α-hetero) is 1. The van der Waals surface area contributed by atoms with Crippen LogP contribution in [-0.4, -0.2) is 29.9 Å². The van der Waals surface area contributed by atoms with E-state index in [1.54, 1.807) is 7.11 Å². The van der Waals surface area contributed by atoms with Crippen LogP contribution in [0, 0.1) is 12.8 Å². The van der Waals surface area contributed by atoms with Crippen molar-refractivity contribution in [3.63, 3.8) is 0 Å². The second-order valence-electron chi connectivity index (χ2n) is 7.76. The Labute approximate surface area is 156 Å². The van der Waals surface area contributed by atoms with Crippen molar-refractivity contribution in [2.75, 3.05) is 7.11 Å². The molecular weight excluding hydrogens is 322 g/mol. The zero-order valence-electron chi connectivity index (χ0n) is 15.7. The third-order valence-electron chi connectivity index (χ3n) is 6.17. The highest BCUT2D eigenvalue weighted by atomic mass is 16.5. The average Bonchev–Trinajstić information content (AvgIpc) is 2.90. The van der Waals surface area contributed by atoms with Crippen molar-refractivity contribution in [2.45, 2.75) is 51.2 Å². The maximum absolute atomic E-state index is 13.2. The third kappa shape index (κ3) is 3.28. The molecule has 0 amide bonds. The summed E-state index contributed by atoms with van der Waals surface area (Å²) in [7, 11) is 1.65. The first-order valence-electron chi connectivity index (χ1n) is 9.64. The van der Waals surface area contributed by atoms with Gasteiger partial charge in [-0.2, -0.15) is 0 Å². The third-order valence-corrected chi connectivity index (χ3v) is 6.17. The Kier molecular flexibility index (Phi) is 4.82. The largest absolute Gasteiger partial charge is 0.497 e. The second kappa shape index (κ2) is 7.24. The molecule has 26 heavy (non-hydrogen) atoms. The van der Waals surface area contributed by atoms with Crippen LogP contribution >= 0.6 is 0 Å². The van der Waals surface area contributed by atoms with Crippen LogP contribution in [0.25, 0.3) is 0 Å². The quantitative estimate of drug-likeness (QED) is 0.737. The van der Waals surface area contributed by atoms with E-state index >= 15 is 0 Å². The van der Waals surface area contributed by atoms with Gasteiger partial charge in [-0.25, -0.2) is 0 Å². The van der Waals surface area contributed by atoms with E-state index in [0.717, 1.165) is 36.3 Å². The van der Waals surface area contributed by atoms with Crippen molar-refractivity contribution in [1.82, 2.24) is 4.90 Å². The van der Waals surface area contributed by atoms with Gasteiger partial charge in [-0.05, 0) is 55.9 Å². The minimum atomic E-state index is 0.144. The first kappa shape index (κ1) is 17.3. The summed E-state index contributed by atoms with van der Waals surface area (Å²) in [6.45, 7) is 3.03. The number of aryl methyl sites for hydroxylation is 1. The molecule has 0 aromatic heterocycles. The van der Waals surface area contributed by atoms with Gasteiger partial charge in [0.2, 0.25) is 0 Å². The molecule has 2 fully saturated rings. The zero-order chi connectivity index (χ0) is 18.1. The van der Waals surface area contributed by atoms with Crippen molar-refractivity contribution in [3.8, 4) is 5.75 Å². The van der Waals surface area contributed by atoms with E-state index in [-0.39, 0.29) is 5.92 Å². The van der Waals surface area contributed by atoms with Crippen LogP contribution in [0.3, 0.4) is 0 Å². The number of carbonyl (C=O) groups is 1. The Morgan fingerprint density at radius 1 is 1.08 bits per heavy atom. The predicted molar refractivity (Wildman–Crippen MR) is 104 cm³/mol. The zero-order valence-corrected chi connectivity index (χ0v) is 15.7. The van der Waals surface area contributed by atoms with Gasteiger partial charge in [-0.1, -0.05) is 36.4 Å². The first-order valence-corrected chi connectivity index (χ1v) is 9.64. The lowest BCUT2D eigenvalue weighted by molar-refractivity contribution is 0.0677. The van der Waals surface area contributed by atoms with Crippen LogP contribution in [0.5, 0.6) is 5.75 Å². The van der Waals surface area contributed by atoms with E-state index in [1.165, 1.54) is 18.4 Å². The van der Waals surface area contributed by atoms with Gasteiger partial charge >= 0.3 is 0 Å². The number of nitrogens with zero attached hydrogens (tertiary/aromatic N) is 1. The van der Waals surface area contributed by atoms with Crippen molar-refractivity contribution in [2.24, 2.45) is 5.92 Å². The summed E-state index contributed by atoms with van der Waals surface area (Å²) in [6, 6.07) is 17.6. The lowest BCUT2D eigenvalue weighted by Gasteiger charge is -2.38. The molecule has 0 spiro atoms. The summed E-state index contributed by atoms with van der Waals surface area (Å²) in [5.41, 5.74) is 3.26. The number of piperidine rings is 1. The Morgan fingerprint density at radius 2 is 1.77 bits per heavy atom. The summed E-state index contributed by atoms with van der Waals surface area (Å²) >= 11 is 0. The number of fused-ring (bicyclic) bond motifs is 2. The van der Waals surface area contributed by atoms with Crippen molar-refractivity contribution >= 4 is 5.78 Å². The molecule has 3 heteroatoms. The Bertz CT molecular complexity index is 772. The first-order chi connectivity index (χ1) is 12.7. The molecule has 2 aromatic rings. The summed E-state index contributed by atoms with van der Waals surface area (Å²) in [5, 5.41) is 0. The van der Waals surface area contributed by atoms with E-state index in [9.17, 15) is 4.79 Å². The lowest BCUT2D eigenvalue weighted by atomic mass is 9.83. The van der Waals surface area contributed by atoms with E-state index in [0.29, 0.717) is 17.9 Å². The summed E-state index contributed by atoms with van der Waals surface area (Å²) < 4.78 is 5.32. The van der Waals surface area contributed by atoms with Crippen molar-refractivity contribution in [1.29, 1.82) is 0 Å². The van der Waals surface area contributed by atoms with E-state index in [4.69, 9.17) is 4.74 Å². The topological polar surface area (TPSA) is 29.5 Å². The minimum Gasteiger partial charge on any atom is -0.497 e. The molecule has 0 aliphatic carbocycles. The molecule has 2 atom stereocenters. The molecule has 2 heterocycles. The molecule has 2 bridgehead atoms. The summed E-state index contributed by atoms with van der Waals surface area (Å²) in [4.78, 5) is 15.8. The molecule has 0 N–H and O–H groups in total. The van der Waals surface area contributed by atoms with Crippen LogP contribution < -0.4 is 4.74 Å². The van der Waals surface area contributed by atoms with Crippen LogP contribution in [0.4, 0.5) is 0 Å². The van der Waals surface area contributed by atoms with Gasteiger partial charge in [0.15, 0.2) is 5.78 Å². The number of hydrogen-bond donors (Lipinski definition) is 0. The highest BCUT2D eigenvalue weighted by Gasteiger charge is 2.42. The molecular formula is C23H27NO2. The highest BCUT2D eigenvalue weighted by molar-refractivity contribution is 5.99. The van der Waals surface area contributed by atoms with Gasteiger partial charge < -0.3 is 4.74 Å². The van der Waals surface area contributed by atoms with Crippen LogP contribution in [0.1, 0.15) is 47.2 Å².